The number of rotatable bonds is 6. The Balaban J connectivity index is 2.10. The summed E-state index contributed by atoms with van der Waals surface area (Å²) in [5.41, 5.74) is 1.96. The highest BCUT2D eigenvalue weighted by Gasteiger charge is 2.32. The Morgan fingerprint density at radius 1 is 0.793 bits per heavy atom. The summed E-state index contributed by atoms with van der Waals surface area (Å²) in [5, 5.41) is 8.58. The molecule has 6 heteroatoms. The van der Waals surface area contributed by atoms with Gasteiger partial charge in [0, 0.05) is 35.8 Å². The van der Waals surface area contributed by atoms with E-state index in [0.29, 0.717) is 35.8 Å². The molecular formula is C23H35N3O3. The Morgan fingerprint density at radius 2 is 1.21 bits per heavy atom. The van der Waals surface area contributed by atoms with Crippen LogP contribution in [0.15, 0.2) is 18.2 Å². The summed E-state index contributed by atoms with van der Waals surface area (Å²) < 4.78 is 0. The van der Waals surface area contributed by atoms with Crippen molar-refractivity contribution >= 4 is 34.8 Å². The maximum absolute atomic E-state index is 12.8. The summed E-state index contributed by atoms with van der Waals surface area (Å²) in [6, 6.07) is 5.16. The maximum atomic E-state index is 12.8. The molecule has 0 atom stereocenters. The van der Waals surface area contributed by atoms with Crippen LogP contribution in [-0.2, 0) is 14.4 Å². The third-order valence-electron chi connectivity index (χ3n) is 5.73. The zero-order valence-corrected chi connectivity index (χ0v) is 18.4. The number of amides is 3. The molecule has 0 aromatic heterocycles. The summed E-state index contributed by atoms with van der Waals surface area (Å²) in [4.78, 5) is 36.4. The van der Waals surface area contributed by atoms with Crippen molar-refractivity contribution in [3.63, 3.8) is 0 Å². The third-order valence-corrected chi connectivity index (χ3v) is 5.73. The minimum Gasteiger partial charge on any atom is -0.326 e. The molecule has 0 radical (unpaired) electrons. The first-order valence-corrected chi connectivity index (χ1v) is 10.7. The van der Waals surface area contributed by atoms with Gasteiger partial charge in [-0.15, -0.1) is 0 Å². The summed E-state index contributed by atoms with van der Waals surface area (Å²) in [7, 11) is 0. The molecule has 1 fully saturated rings. The van der Waals surface area contributed by atoms with Crippen LogP contribution in [-0.4, -0.2) is 17.7 Å². The van der Waals surface area contributed by atoms with Gasteiger partial charge in [0.2, 0.25) is 17.7 Å². The van der Waals surface area contributed by atoms with Crippen LogP contribution in [0.1, 0.15) is 73.1 Å². The molecule has 3 N–H and O–H groups in total. The molecule has 0 saturated heterocycles. The average molecular weight is 402 g/mol. The molecule has 1 aromatic carbocycles. The fourth-order valence-electron chi connectivity index (χ4n) is 3.81. The van der Waals surface area contributed by atoms with Gasteiger partial charge in [-0.25, -0.2) is 0 Å². The predicted octanol–water partition coefficient (Wildman–Crippen LogP) is 5.17. The van der Waals surface area contributed by atoms with Crippen molar-refractivity contribution in [3.05, 3.63) is 18.2 Å². The number of hydrogen-bond donors (Lipinski definition) is 3. The van der Waals surface area contributed by atoms with Gasteiger partial charge in [-0.3, -0.25) is 14.4 Å². The highest BCUT2D eigenvalue weighted by Crippen LogP contribution is 2.40. The van der Waals surface area contributed by atoms with E-state index in [1.807, 2.05) is 0 Å². The number of benzene rings is 1. The smallest absolute Gasteiger partial charge is 0.227 e. The molecule has 1 aliphatic rings. The molecule has 6 nitrogen and oxygen atoms in total. The number of carbonyl (C=O) groups excluding carboxylic acids is 3. The molecule has 1 saturated carbocycles. The molecule has 29 heavy (non-hydrogen) atoms. The van der Waals surface area contributed by atoms with E-state index < -0.39 is 0 Å². The predicted molar refractivity (Wildman–Crippen MR) is 118 cm³/mol. The first-order chi connectivity index (χ1) is 13.6. The van der Waals surface area contributed by atoms with E-state index in [9.17, 15) is 14.4 Å². The van der Waals surface area contributed by atoms with Crippen molar-refractivity contribution in [2.24, 2.45) is 17.3 Å². The molecule has 1 aromatic rings. The lowest BCUT2D eigenvalue weighted by Gasteiger charge is -2.36. The topological polar surface area (TPSA) is 87.3 Å². The summed E-state index contributed by atoms with van der Waals surface area (Å²) in [6.07, 6.45) is 4.60. The molecule has 0 unspecified atom stereocenters. The van der Waals surface area contributed by atoms with E-state index in [0.717, 1.165) is 25.7 Å². The van der Waals surface area contributed by atoms with Crippen molar-refractivity contribution in [1.29, 1.82) is 0 Å². The highest BCUT2D eigenvalue weighted by molar-refractivity contribution is 5.98. The Morgan fingerprint density at radius 3 is 1.59 bits per heavy atom. The molecule has 160 valence electrons. The number of carbonyl (C=O) groups is 3. The van der Waals surface area contributed by atoms with E-state index in [4.69, 9.17) is 0 Å². The van der Waals surface area contributed by atoms with Crippen LogP contribution in [0.2, 0.25) is 0 Å². The van der Waals surface area contributed by atoms with Gasteiger partial charge in [0.15, 0.2) is 0 Å². The van der Waals surface area contributed by atoms with Gasteiger partial charge < -0.3 is 16.0 Å². The quantitative estimate of drug-likeness (QED) is 0.614. The van der Waals surface area contributed by atoms with Gasteiger partial charge in [0.25, 0.3) is 0 Å². The average Bonchev–Trinajstić information content (AvgIpc) is 2.66. The van der Waals surface area contributed by atoms with E-state index in [1.54, 1.807) is 32.0 Å². The van der Waals surface area contributed by atoms with Gasteiger partial charge in [-0.2, -0.15) is 0 Å². The van der Waals surface area contributed by atoms with Gasteiger partial charge in [0.05, 0.1) is 0 Å². The standard InChI is InChI=1S/C23H35N3O3/c1-6-20(27)24-17-12-18(25-21(28)7-2)14-19(13-17)26-22(29)15-8-10-16(11-9-15)23(3,4)5/h12-16H,6-11H2,1-5H3,(H,24,27)(H,25,28)(H,26,29). The van der Waals surface area contributed by atoms with E-state index >= 15 is 0 Å². The van der Waals surface area contributed by atoms with Gasteiger partial charge >= 0.3 is 0 Å². The molecule has 0 bridgehead atoms. The Kier molecular flexibility index (Phi) is 7.82. The zero-order chi connectivity index (χ0) is 21.6. The Bertz CT molecular complexity index is 708. The SMILES string of the molecule is CCC(=O)Nc1cc(NC(=O)CC)cc(NC(=O)C2CCC(C(C)(C)C)CC2)c1. The van der Waals surface area contributed by atoms with Crippen molar-refractivity contribution in [1.82, 2.24) is 0 Å². The molecule has 3 amide bonds. The van der Waals surface area contributed by atoms with Crippen molar-refractivity contribution in [2.75, 3.05) is 16.0 Å². The number of anilines is 3. The van der Waals surface area contributed by atoms with Gasteiger partial charge in [-0.1, -0.05) is 34.6 Å². The van der Waals surface area contributed by atoms with E-state index in [-0.39, 0.29) is 29.1 Å². The zero-order valence-electron chi connectivity index (χ0n) is 18.4. The summed E-state index contributed by atoms with van der Waals surface area (Å²) >= 11 is 0. The van der Waals surface area contributed by atoms with Crippen LogP contribution in [0.5, 0.6) is 0 Å². The van der Waals surface area contributed by atoms with Crippen molar-refractivity contribution < 1.29 is 14.4 Å². The van der Waals surface area contributed by atoms with Crippen LogP contribution >= 0.6 is 0 Å². The van der Waals surface area contributed by atoms with Crippen LogP contribution in [0.3, 0.4) is 0 Å². The van der Waals surface area contributed by atoms with E-state index in [1.165, 1.54) is 0 Å². The third kappa shape index (κ3) is 6.87. The lowest BCUT2D eigenvalue weighted by atomic mass is 9.69. The fourth-order valence-corrected chi connectivity index (χ4v) is 3.81. The first kappa shape index (κ1) is 22.9. The highest BCUT2D eigenvalue weighted by atomic mass is 16.2. The van der Waals surface area contributed by atoms with Crippen molar-refractivity contribution in [2.45, 2.75) is 73.1 Å². The van der Waals surface area contributed by atoms with Crippen molar-refractivity contribution in [3.8, 4) is 0 Å². The summed E-state index contributed by atoms with van der Waals surface area (Å²) in [6.45, 7) is 10.3. The lowest BCUT2D eigenvalue weighted by Crippen LogP contribution is -2.31. The van der Waals surface area contributed by atoms with Crippen LogP contribution in [0.25, 0.3) is 0 Å². The maximum Gasteiger partial charge on any atom is 0.227 e. The monoisotopic (exact) mass is 401 g/mol. The summed E-state index contributed by atoms with van der Waals surface area (Å²) in [5.74, 6) is 0.402. The Labute approximate surface area is 174 Å². The largest absolute Gasteiger partial charge is 0.326 e. The lowest BCUT2D eigenvalue weighted by molar-refractivity contribution is -0.121. The second kappa shape index (κ2) is 9.90. The molecule has 2 rings (SSSR count). The normalized spacial score (nSPS) is 19.3. The van der Waals surface area contributed by atoms with Gasteiger partial charge in [0.1, 0.15) is 0 Å². The molecule has 0 spiro atoms. The number of nitrogens with one attached hydrogen (secondary N) is 3. The molecular weight excluding hydrogens is 366 g/mol. The van der Waals surface area contributed by atoms with Crippen LogP contribution in [0, 0.1) is 17.3 Å². The fraction of sp³-hybridized carbons (Fsp3) is 0.609. The number of hydrogen-bond acceptors (Lipinski definition) is 3. The minimum atomic E-state index is -0.123. The first-order valence-electron chi connectivity index (χ1n) is 10.7. The second-order valence-corrected chi connectivity index (χ2v) is 9.01. The Hall–Kier alpha value is -2.37. The molecule has 1 aliphatic carbocycles. The van der Waals surface area contributed by atoms with Crippen LogP contribution in [0.4, 0.5) is 17.1 Å². The molecule has 0 heterocycles. The van der Waals surface area contributed by atoms with Gasteiger partial charge in [-0.05, 0) is 55.2 Å². The van der Waals surface area contributed by atoms with E-state index in [2.05, 4.69) is 36.7 Å². The van der Waals surface area contributed by atoms with Crippen LogP contribution < -0.4 is 16.0 Å². The molecule has 0 aliphatic heterocycles. The second-order valence-electron chi connectivity index (χ2n) is 9.01. The minimum absolute atomic E-state index is 0.00354.